The molecule has 28 heavy (non-hydrogen) atoms. The van der Waals surface area contributed by atoms with Crippen LogP contribution in [-0.2, 0) is 19.1 Å². The summed E-state index contributed by atoms with van der Waals surface area (Å²) in [6.45, 7) is 2.07. The molecule has 166 valence electrons. The molecule has 2 atom stereocenters. The maximum absolute atomic E-state index is 11.4. The maximum atomic E-state index is 11.4. The summed E-state index contributed by atoms with van der Waals surface area (Å²) in [5.74, 6) is -2.13. The summed E-state index contributed by atoms with van der Waals surface area (Å²) in [5.41, 5.74) is 0. The van der Waals surface area contributed by atoms with Gasteiger partial charge in [0.2, 0.25) is 0 Å². The van der Waals surface area contributed by atoms with E-state index in [1.807, 2.05) is 0 Å². The van der Waals surface area contributed by atoms with Crippen LogP contribution in [-0.4, -0.2) is 66.7 Å². The van der Waals surface area contributed by atoms with Gasteiger partial charge in [-0.3, -0.25) is 14.5 Å². The zero-order chi connectivity index (χ0) is 21.4. The van der Waals surface area contributed by atoms with Gasteiger partial charge in [-0.2, -0.15) is 0 Å². The molecule has 0 fully saturated rings. The van der Waals surface area contributed by atoms with E-state index in [0.29, 0.717) is 0 Å². The van der Waals surface area contributed by atoms with Crippen LogP contribution in [0.5, 0.6) is 0 Å². The summed E-state index contributed by atoms with van der Waals surface area (Å²) in [4.78, 5) is 24.2. The van der Waals surface area contributed by atoms with Crippen molar-refractivity contribution in [2.75, 3.05) is 21.3 Å². The third-order valence-electron chi connectivity index (χ3n) is 5.35. The van der Waals surface area contributed by atoms with Crippen LogP contribution < -0.4 is 0 Å². The first-order valence-corrected chi connectivity index (χ1v) is 10.6. The zero-order valence-corrected chi connectivity index (χ0v) is 18.2. The Morgan fingerprint density at radius 1 is 0.857 bits per heavy atom. The van der Waals surface area contributed by atoms with Gasteiger partial charge >= 0.3 is 11.9 Å². The van der Waals surface area contributed by atoms with E-state index in [4.69, 9.17) is 14.6 Å². The molecule has 0 bridgehead atoms. The van der Waals surface area contributed by atoms with Crippen molar-refractivity contribution >= 4 is 11.9 Å². The fraction of sp³-hybridized carbons (Fsp3) is 0.905. The van der Waals surface area contributed by atoms with E-state index in [1.165, 1.54) is 25.7 Å². The van der Waals surface area contributed by atoms with Crippen molar-refractivity contribution < 1.29 is 29.3 Å². The SMILES string of the molecule is CCCC(CCCCCCCCCC(OC)OC)N(C)[C@@H](CC(=O)O)C(=O)O. The molecular formula is C21H41NO6. The maximum Gasteiger partial charge on any atom is 0.321 e. The van der Waals surface area contributed by atoms with Crippen LogP contribution in [0.4, 0.5) is 0 Å². The van der Waals surface area contributed by atoms with Crippen molar-refractivity contribution in [1.82, 2.24) is 4.90 Å². The minimum Gasteiger partial charge on any atom is -0.481 e. The lowest BCUT2D eigenvalue weighted by Gasteiger charge is -2.32. The van der Waals surface area contributed by atoms with Gasteiger partial charge in [0.1, 0.15) is 6.04 Å². The summed E-state index contributed by atoms with van der Waals surface area (Å²) in [7, 11) is 5.07. The lowest BCUT2D eigenvalue weighted by atomic mass is 9.99. The number of aliphatic carboxylic acids is 2. The number of methoxy groups -OCH3 is 2. The molecular weight excluding hydrogens is 362 g/mol. The highest BCUT2D eigenvalue weighted by molar-refractivity contribution is 5.80. The van der Waals surface area contributed by atoms with Gasteiger partial charge in [-0.25, -0.2) is 0 Å². The molecule has 0 saturated heterocycles. The molecule has 0 heterocycles. The molecule has 2 N–H and O–H groups in total. The molecule has 7 heteroatoms. The predicted octanol–water partition coefficient (Wildman–Crippen LogP) is 4.14. The first-order valence-electron chi connectivity index (χ1n) is 10.6. The summed E-state index contributed by atoms with van der Waals surface area (Å²) in [6.07, 6.45) is 11.3. The second-order valence-corrected chi connectivity index (χ2v) is 7.51. The third kappa shape index (κ3) is 12.3. The number of rotatable bonds is 19. The standard InChI is InChI=1S/C21H41NO6/c1-5-13-17(22(2)18(21(25)26)16-19(23)24)14-11-9-7-6-8-10-12-15-20(27-3)28-4/h17-18,20H,5-16H2,1-4H3,(H,23,24)(H,25,26)/t17?,18-/m0/s1. The van der Waals surface area contributed by atoms with Crippen molar-refractivity contribution in [3.63, 3.8) is 0 Å². The van der Waals surface area contributed by atoms with Crippen LogP contribution >= 0.6 is 0 Å². The topological polar surface area (TPSA) is 96.3 Å². The molecule has 0 aromatic carbocycles. The summed E-state index contributed by atoms with van der Waals surface area (Å²) in [6, 6.07) is -0.845. The third-order valence-corrected chi connectivity index (χ3v) is 5.35. The van der Waals surface area contributed by atoms with E-state index in [9.17, 15) is 14.7 Å². The molecule has 0 aromatic rings. The number of hydrogen-bond acceptors (Lipinski definition) is 5. The van der Waals surface area contributed by atoms with Crippen LogP contribution in [0, 0.1) is 0 Å². The summed E-state index contributed by atoms with van der Waals surface area (Å²) >= 11 is 0. The number of hydrogen-bond donors (Lipinski definition) is 2. The van der Waals surface area contributed by atoms with Crippen molar-refractivity contribution in [2.24, 2.45) is 0 Å². The highest BCUT2D eigenvalue weighted by Gasteiger charge is 2.29. The Hall–Kier alpha value is -1.18. The van der Waals surface area contributed by atoms with Crippen LogP contribution in [0.15, 0.2) is 0 Å². The Morgan fingerprint density at radius 2 is 1.36 bits per heavy atom. The first kappa shape index (κ1) is 26.8. The first-order chi connectivity index (χ1) is 13.4. The molecule has 0 saturated carbocycles. The predicted molar refractivity (Wildman–Crippen MR) is 109 cm³/mol. The second-order valence-electron chi connectivity index (χ2n) is 7.51. The molecule has 0 rings (SSSR count). The van der Waals surface area contributed by atoms with E-state index in [1.54, 1.807) is 26.2 Å². The molecule has 0 aliphatic heterocycles. The van der Waals surface area contributed by atoms with Crippen molar-refractivity contribution in [1.29, 1.82) is 0 Å². The number of carboxylic acids is 2. The highest BCUT2D eigenvalue weighted by Crippen LogP contribution is 2.19. The van der Waals surface area contributed by atoms with Gasteiger partial charge in [-0.15, -0.1) is 0 Å². The van der Waals surface area contributed by atoms with E-state index < -0.39 is 18.0 Å². The lowest BCUT2D eigenvalue weighted by molar-refractivity contribution is -0.150. The zero-order valence-electron chi connectivity index (χ0n) is 18.2. The average molecular weight is 404 g/mol. The quantitative estimate of drug-likeness (QED) is 0.247. The number of carboxylic acid groups (broad SMARTS) is 2. The minimum absolute atomic E-state index is 0.0942. The Bertz CT molecular complexity index is 414. The van der Waals surface area contributed by atoms with Gasteiger partial charge in [0, 0.05) is 20.3 Å². The number of ether oxygens (including phenoxy) is 2. The van der Waals surface area contributed by atoms with Crippen LogP contribution in [0.25, 0.3) is 0 Å². The van der Waals surface area contributed by atoms with E-state index in [-0.39, 0.29) is 18.8 Å². The number of carbonyl (C=O) groups is 2. The molecule has 0 aromatic heterocycles. The fourth-order valence-electron chi connectivity index (χ4n) is 3.62. The number of likely N-dealkylation sites (N-methyl/N-ethyl adjacent to an activating group) is 1. The van der Waals surface area contributed by atoms with E-state index in [2.05, 4.69) is 6.92 Å². The normalized spacial score (nSPS) is 13.8. The molecule has 0 aliphatic rings. The monoisotopic (exact) mass is 403 g/mol. The molecule has 0 radical (unpaired) electrons. The van der Waals surface area contributed by atoms with Gasteiger partial charge in [0.15, 0.2) is 6.29 Å². The van der Waals surface area contributed by atoms with E-state index in [0.717, 1.165) is 44.9 Å². The summed E-state index contributed by atoms with van der Waals surface area (Å²) in [5, 5.41) is 18.3. The van der Waals surface area contributed by atoms with Crippen LogP contribution in [0.3, 0.4) is 0 Å². The van der Waals surface area contributed by atoms with Gasteiger partial charge < -0.3 is 19.7 Å². The molecule has 0 spiro atoms. The molecule has 7 nitrogen and oxygen atoms in total. The Labute approximate surface area is 170 Å². The summed E-state index contributed by atoms with van der Waals surface area (Å²) < 4.78 is 10.4. The Morgan fingerprint density at radius 3 is 1.79 bits per heavy atom. The van der Waals surface area contributed by atoms with Gasteiger partial charge in [0.25, 0.3) is 0 Å². The van der Waals surface area contributed by atoms with Crippen LogP contribution in [0.2, 0.25) is 0 Å². The Kier molecular flexibility index (Phi) is 16.0. The number of unbranched alkanes of at least 4 members (excludes halogenated alkanes) is 6. The van der Waals surface area contributed by atoms with Crippen molar-refractivity contribution in [3.8, 4) is 0 Å². The van der Waals surface area contributed by atoms with Crippen molar-refractivity contribution in [3.05, 3.63) is 0 Å². The number of nitrogens with zero attached hydrogens (tertiary/aromatic N) is 1. The highest BCUT2D eigenvalue weighted by atomic mass is 16.7. The van der Waals surface area contributed by atoms with E-state index >= 15 is 0 Å². The second kappa shape index (κ2) is 16.7. The van der Waals surface area contributed by atoms with Crippen LogP contribution in [0.1, 0.15) is 84.0 Å². The smallest absolute Gasteiger partial charge is 0.321 e. The molecule has 1 unspecified atom stereocenters. The molecule has 0 aliphatic carbocycles. The average Bonchev–Trinajstić information content (AvgIpc) is 2.66. The van der Waals surface area contributed by atoms with Crippen molar-refractivity contribution in [2.45, 2.75) is 102 Å². The largest absolute Gasteiger partial charge is 0.481 e. The fourth-order valence-corrected chi connectivity index (χ4v) is 3.62. The van der Waals surface area contributed by atoms with Gasteiger partial charge in [-0.05, 0) is 32.7 Å². The van der Waals surface area contributed by atoms with Gasteiger partial charge in [-0.1, -0.05) is 51.9 Å². The van der Waals surface area contributed by atoms with Gasteiger partial charge in [0.05, 0.1) is 6.42 Å². The minimum atomic E-state index is -1.07. The molecule has 0 amide bonds. The lowest BCUT2D eigenvalue weighted by Crippen LogP contribution is -2.46. The Balaban J connectivity index is 4.09.